The lowest BCUT2D eigenvalue weighted by Gasteiger charge is -2.10. The molecule has 0 heterocycles. The Morgan fingerprint density at radius 3 is 1.40 bits per heavy atom. The molecule has 2 heteroatoms. The third kappa shape index (κ3) is 14.3. The molecular formula is C18H38O2. The van der Waals surface area contributed by atoms with Gasteiger partial charge in [0.25, 0.3) is 0 Å². The molecule has 0 rings (SSSR count). The van der Waals surface area contributed by atoms with Gasteiger partial charge in [-0.25, -0.2) is 0 Å². The molecular weight excluding hydrogens is 248 g/mol. The first-order valence-corrected chi connectivity index (χ1v) is 9.06. The largest absolute Gasteiger partial charge is 0.393 e. The molecule has 0 aromatic heterocycles. The van der Waals surface area contributed by atoms with Crippen LogP contribution in [-0.4, -0.2) is 22.4 Å². The first-order chi connectivity index (χ1) is 9.70. The van der Waals surface area contributed by atoms with Crippen LogP contribution >= 0.6 is 0 Å². The van der Waals surface area contributed by atoms with E-state index in [9.17, 15) is 10.2 Å². The highest BCUT2D eigenvalue weighted by Gasteiger charge is 2.03. The standard InChI is InChI=1S/C18H38O2/c1-3-5-6-11-15-18(20)16-13-10-8-7-9-12-14-17(19)4-2/h17-20H,3-16H2,1-2H3. The molecule has 2 N–H and O–H groups in total. The fraction of sp³-hybridized carbons (Fsp3) is 1.00. The molecule has 2 unspecified atom stereocenters. The van der Waals surface area contributed by atoms with Gasteiger partial charge in [0, 0.05) is 0 Å². The van der Waals surface area contributed by atoms with Crippen molar-refractivity contribution in [2.24, 2.45) is 0 Å². The maximum atomic E-state index is 9.85. The summed E-state index contributed by atoms with van der Waals surface area (Å²) >= 11 is 0. The lowest BCUT2D eigenvalue weighted by atomic mass is 10.0. The Bertz CT molecular complexity index is 182. The number of rotatable bonds is 15. The molecule has 0 aromatic carbocycles. The Labute approximate surface area is 127 Å². The monoisotopic (exact) mass is 286 g/mol. The first-order valence-electron chi connectivity index (χ1n) is 9.06. The van der Waals surface area contributed by atoms with Crippen LogP contribution in [0.15, 0.2) is 0 Å². The van der Waals surface area contributed by atoms with Crippen molar-refractivity contribution in [3.05, 3.63) is 0 Å². The molecule has 0 saturated heterocycles. The molecule has 0 bridgehead atoms. The molecule has 0 amide bonds. The van der Waals surface area contributed by atoms with Crippen LogP contribution in [0, 0.1) is 0 Å². The lowest BCUT2D eigenvalue weighted by molar-refractivity contribution is 0.147. The normalized spacial score (nSPS) is 14.4. The number of aliphatic hydroxyl groups excluding tert-OH is 2. The highest BCUT2D eigenvalue weighted by Crippen LogP contribution is 2.14. The maximum absolute atomic E-state index is 9.85. The Kier molecular flexibility index (Phi) is 15.3. The van der Waals surface area contributed by atoms with Crippen molar-refractivity contribution in [1.82, 2.24) is 0 Å². The average Bonchev–Trinajstić information content (AvgIpc) is 2.46. The summed E-state index contributed by atoms with van der Waals surface area (Å²) in [6, 6.07) is 0. The van der Waals surface area contributed by atoms with E-state index >= 15 is 0 Å². The second kappa shape index (κ2) is 15.3. The predicted octanol–water partition coefficient (Wildman–Crippen LogP) is 5.21. The van der Waals surface area contributed by atoms with E-state index < -0.39 is 0 Å². The Morgan fingerprint density at radius 2 is 0.950 bits per heavy atom. The van der Waals surface area contributed by atoms with E-state index in [1.54, 1.807) is 0 Å². The van der Waals surface area contributed by atoms with E-state index in [2.05, 4.69) is 6.92 Å². The van der Waals surface area contributed by atoms with Gasteiger partial charge >= 0.3 is 0 Å². The maximum Gasteiger partial charge on any atom is 0.0540 e. The van der Waals surface area contributed by atoms with Gasteiger partial charge in [-0.05, 0) is 25.7 Å². The van der Waals surface area contributed by atoms with Crippen molar-refractivity contribution >= 4 is 0 Å². The van der Waals surface area contributed by atoms with E-state index in [1.165, 1.54) is 57.8 Å². The van der Waals surface area contributed by atoms with Crippen LogP contribution in [0.1, 0.15) is 104 Å². The molecule has 122 valence electrons. The lowest BCUT2D eigenvalue weighted by Crippen LogP contribution is -2.06. The summed E-state index contributed by atoms with van der Waals surface area (Å²) in [4.78, 5) is 0. The molecule has 0 radical (unpaired) electrons. The number of aliphatic hydroxyl groups is 2. The number of unbranched alkanes of at least 4 members (excludes halogenated alkanes) is 8. The van der Waals surface area contributed by atoms with E-state index in [0.717, 1.165) is 32.1 Å². The van der Waals surface area contributed by atoms with Crippen LogP contribution in [0.4, 0.5) is 0 Å². The van der Waals surface area contributed by atoms with E-state index in [4.69, 9.17) is 0 Å². The molecule has 0 saturated carbocycles. The highest BCUT2D eigenvalue weighted by molar-refractivity contribution is 4.58. The van der Waals surface area contributed by atoms with Gasteiger partial charge in [-0.15, -0.1) is 0 Å². The molecule has 0 aliphatic heterocycles. The third-order valence-electron chi connectivity index (χ3n) is 4.19. The van der Waals surface area contributed by atoms with E-state index in [1.807, 2.05) is 6.92 Å². The fourth-order valence-corrected chi connectivity index (χ4v) is 2.62. The van der Waals surface area contributed by atoms with E-state index in [0.29, 0.717) is 0 Å². The Balaban J connectivity index is 3.15. The minimum atomic E-state index is -0.0853. The molecule has 20 heavy (non-hydrogen) atoms. The van der Waals surface area contributed by atoms with Crippen molar-refractivity contribution in [3.8, 4) is 0 Å². The van der Waals surface area contributed by atoms with Gasteiger partial charge < -0.3 is 10.2 Å². The van der Waals surface area contributed by atoms with Gasteiger partial charge in [0.2, 0.25) is 0 Å². The molecule has 0 fully saturated rings. The molecule has 0 aromatic rings. The summed E-state index contributed by atoms with van der Waals surface area (Å²) in [5, 5.41) is 19.3. The summed E-state index contributed by atoms with van der Waals surface area (Å²) < 4.78 is 0. The summed E-state index contributed by atoms with van der Waals surface area (Å²) in [5.41, 5.74) is 0. The quantitative estimate of drug-likeness (QED) is 0.406. The molecule has 0 aliphatic rings. The molecule has 2 nitrogen and oxygen atoms in total. The van der Waals surface area contributed by atoms with Crippen molar-refractivity contribution in [1.29, 1.82) is 0 Å². The van der Waals surface area contributed by atoms with Gasteiger partial charge in [-0.1, -0.05) is 78.1 Å². The summed E-state index contributed by atoms with van der Waals surface area (Å²) in [7, 11) is 0. The van der Waals surface area contributed by atoms with Gasteiger partial charge in [-0.2, -0.15) is 0 Å². The summed E-state index contributed by atoms with van der Waals surface area (Å²) in [6.07, 6.45) is 16.1. The van der Waals surface area contributed by atoms with Crippen molar-refractivity contribution in [2.75, 3.05) is 0 Å². The zero-order chi connectivity index (χ0) is 15.1. The van der Waals surface area contributed by atoms with Crippen LogP contribution in [-0.2, 0) is 0 Å². The average molecular weight is 286 g/mol. The summed E-state index contributed by atoms with van der Waals surface area (Å²) in [5.74, 6) is 0. The topological polar surface area (TPSA) is 40.5 Å². The fourth-order valence-electron chi connectivity index (χ4n) is 2.62. The molecule has 0 spiro atoms. The third-order valence-corrected chi connectivity index (χ3v) is 4.19. The molecule has 0 aliphatic carbocycles. The Hall–Kier alpha value is -0.0800. The minimum Gasteiger partial charge on any atom is -0.393 e. The van der Waals surface area contributed by atoms with Gasteiger partial charge in [0.15, 0.2) is 0 Å². The minimum absolute atomic E-state index is 0.0634. The van der Waals surface area contributed by atoms with Gasteiger partial charge in [0.05, 0.1) is 12.2 Å². The number of hydrogen-bond acceptors (Lipinski definition) is 2. The summed E-state index contributed by atoms with van der Waals surface area (Å²) in [6.45, 7) is 4.26. The highest BCUT2D eigenvalue weighted by atomic mass is 16.3. The van der Waals surface area contributed by atoms with Crippen LogP contribution < -0.4 is 0 Å². The second-order valence-electron chi connectivity index (χ2n) is 6.26. The van der Waals surface area contributed by atoms with Crippen LogP contribution in [0.25, 0.3) is 0 Å². The van der Waals surface area contributed by atoms with Crippen molar-refractivity contribution in [3.63, 3.8) is 0 Å². The number of hydrogen-bond donors (Lipinski definition) is 2. The van der Waals surface area contributed by atoms with Crippen molar-refractivity contribution in [2.45, 2.75) is 116 Å². The molecule has 2 atom stereocenters. The van der Waals surface area contributed by atoms with Crippen LogP contribution in [0.3, 0.4) is 0 Å². The first kappa shape index (κ1) is 19.9. The van der Waals surface area contributed by atoms with Crippen LogP contribution in [0.5, 0.6) is 0 Å². The Morgan fingerprint density at radius 1 is 0.550 bits per heavy atom. The predicted molar refractivity (Wildman–Crippen MR) is 88.0 cm³/mol. The second-order valence-corrected chi connectivity index (χ2v) is 6.26. The SMILES string of the molecule is CCCCCCC(O)CCCCCCCCC(O)CC. The van der Waals surface area contributed by atoms with Crippen LogP contribution in [0.2, 0.25) is 0 Å². The van der Waals surface area contributed by atoms with Gasteiger partial charge in [0.1, 0.15) is 0 Å². The van der Waals surface area contributed by atoms with E-state index in [-0.39, 0.29) is 12.2 Å². The smallest absolute Gasteiger partial charge is 0.0540 e. The van der Waals surface area contributed by atoms with Gasteiger partial charge in [-0.3, -0.25) is 0 Å². The zero-order valence-corrected chi connectivity index (χ0v) is 13.9. The van der Waals surface area contributed by atoms with Crippen molar-refractivity contribution < 1.29 is 10.2 Å². The zero-order valence-electron chi connectivity index (χ0n) is 13.9.